The third-order valence-electron chi connectivity index (χ3n) is 2.82. The van der Waals surface area contributed by atoms with E-state index in [0.29, 0.717) is 5.75 Å². The van der Waals surface area contributed by atoms with E-state index in [4.69, 9.17) is 4.74 Å². The van der Waals surface area contributed by atoms with Crippen molar-refractivity contribution in [3.63, 3.8) is 0 Å². The van der Waals surface area contributed by atoms with Crippen LogP contribution in [0.2, 0.25) is 0 Å². The molecule has 0 aliphatic carbocycles. The zero-order valence-corrected chi connectivity index (χ0v) is 12.9. The monoisotopic (exact) mass is 341 g/mol. The first-order valence-corrected chi connectivity index (χ1v) is 7.87. The average Bonchev–Trinajstić information content (AvgIpc) is 3.05. The summed E-state index contributed by atoms with van der Waals surface area (Å²) in [6.07, 6.45) is 2.43. The Balaban J connectivity index is 2.10. The van der Waals surface area contributed by atoms with Gasteiger partial charge in [-0.1, -0.05) is 0 Å². The molecule has 11 heteroatoms. The maximum absolute atomic E-state index is 12.2. The van der Waals surface area contributed by atoms with Gasteiger partial charge in [0.2, 0.25) is 10.0 Å². The molecule has 2 aromatic rings. The van der Waals surface area contributed by atoms with Crippen molar-refractivity contribution in [2.75, 3.05) is 19.1 Å². The Kier molecular flexibility index (Phi) is 5.26. The quantitative estimate of drug-likeness (QED) is 0.569. The Bertz CT molecular complexity index is 745. The number of benzene rings is 1. The molecule has 0 fully saturated rings. The summed E-state index contributed by atoms with van der Waals surface area (Å²) >= 11 is 0. The van der Waals surface area contributed by atoms with Gasteiger partial charge >= 0.3 is 0 Å². The lowest BCUT2D eigenvalue weighted by molar-refractivity contribution is -0.119. The number of hydrogen-bond acceptors (Lipinski definition) is 7. The molecule has 0 aliphatic heterocycles. The van der Waals surface area contributed by atoms with Crippen molar-refractivity contribution in [1.29, 1.82) is 0 Å². The Labute approximate surface area is 132 Å². The van der Waals surface area contributed by atoms with Crippen LogP contribution in [-0.2, 0) is 14.8 Å². The fourth-order valence-electron chi connectivity index (χ4n) is 1.65. The molecule has 1 aromatic carbocycles. The van der Waals surface area contributed by atoms with Crippen LogP contribution in [0.25, 0.3) is 0 Å². The van der Waals surface area contributed by atoms with E-state index >= 15 is 0 Å². The lowest BCUT2D eigenvalue weighted by atomic mass is 10.3. The molecule has 3 N–H and O–H groups in total. The molecule has 0 aliphatic rings. The van der Waals surface area contributed by atoms with E-state index in [9.17, 15) is 18.3 Å². The fraction of sp³-hybridized carbons (Fsp3) is 0.250. The third kappa shape index (κ3) is 4.25. The van der Waals surface area contributed by atoms with Gasteiger partial charge in [0.05, 0.1) is 18.6 Å². The van der Waals surface area contributed by atoms with E-state index in [0.717, 1.165) is 4.68 Å². The molecule has 0 spiro atoms. The fourth-order valence-corrected chi connectivity index (χ4v) is 2.83. The summed E-state index contributed by atoms with van der Waals surface area (Å²) < 4.78 is 32.7. The summed E-state index contributed by atoms with van der Waals surface area (Å²) in [5, 5.41) is 16.2. The molecular weight excluding hydrogens is 326 g/mol. The molecule has 0 saturated carbocycles. The number of aromatic nitrogens is 3. The number of aliphatic hydroxyl groups is 1. The molecule has 2 rings (SSSR count). The van der Waals surface area contributed by atoms with E-state index in [1.165, 1.54) is 44.0 Å². The number of carbonyl (C=O) groups excluding carboxylic acids is 1. The van der Waals surface area contributed by atoms with Crippen LogP contribution >= 0.6 is 0 Å². The number of sulfonamides is 1. The Morgan fingerprint density at radius 2 is 1.91 bits per heavy atom. The molecule has 0 bridgehead atoms. The van der Waals surface area contributed by atoms with Gasteiger partial charge < -0.3 is 9.84 Å². The number of hydrogen-bond donors (Lipinski definition) is 3. The van der Waals surface area contributed by atoms with Gasteiger partial charge in [0.1, 0.15) is 24.4 Å². The minimum absolute atomic E-state index is 0.0613. The second-order valence-electron chi connectivity index (χ2n) is 4.38. The molecule has 1 aromatic heterocycles. The van der Waals surface area contributed by atoms with Crippen molar-refractivity contribution < 1.29 is 23.1 Å². The molecule has 1 unspecified atom stereocenters. The third-order valence-corrected chi connectivity index (χ3v) is 4.31. The van der Waals surface area contributed by atoms with Gasteiger partial charge in [-0.05, 0) is 24.3 Å². The summed E-state index contributed by atoms with van der Waals surface area (Å²) in [6, 6.07) is 4.23. The van der Waals surface area contributed by atoms with Gasteiger partial charge in [-0.25, -0.2) is 13.1 Å². The van der Waals surface area contributed by atoms with Gasteiger partial charge in [0, 0.05) is 0 Å². The first kappa shape index (κ1) is 16.9. The number of rotatable bonds is 7. The SMILES string of the molecule is COc1ccc(S(=O)(=O)NC(CO)C(=O)Nn2cnnc2)cc1. The van der Waals surface area contributed by atoms with Crippen molar-refractivity contribution in [1.82, 2.24) is 19.6 Å². The van der Waals surface area contributed by atoms with Crippen molar-refractivity contribution in [3.05, 3.63) is 36.9 Å². The number of nitrogens with one attached hydrogen (secondary N) is 2. The van der Waals surface area contributed by atoms with E-state index in [1.54, 1.807) is 0 Å². The number of ether oxygens (including phenoxy) is 1. The van der Waals surface area contributed by atoms with Crippen LogP contribution in [0.1, 0.15) is 0 Å². The lowest BCUT2D eigenvalue weighted by Crippen LogP contribution is -2.47. The number of amides is 1. The molecule has 124 valence electrons. The zero-order valence-electron chi connectivity index (χ0n) is 12.1. The number of carbonyl (C=O) groups is 1. The number of nitrogens with zero attached hydrogens (tertiary/aromatic N) is 3. The Hall–Kier alpha value is -2.50. The van der Waals surface area contributed by atoms with Crippen LogP contribution in [0.15, 0.2) is 41.8 Å². The van der Waals surface area contributed by atoms with Crippen molar-refractivity contribution in [3.8, 4) is 5.75 Å². The summed E-state index contributed by atoms with van der Waals surface area (Å²) in [5.74, 6) is -0.266. The predicted molar refractivity (Wildman–Crippen MR) is 78.6 cm³/mol. The number of aliphatic hydroxyl groups excluding tert-OH is 1. The Morgan fingerprint density at radius 3 is 2.43 bits per heavy atom. The van der Waals surface area contributed by atoms with Crippen molar-refractivity contribution in [2.45, 2.75) is 10.9 Å². The van der Waals surface area contributed by atoms with Crippen LogP contribution in [0.5, 0.6) is 5.75 Å². The molecule has 1 heterocycles. The second-order valence-corrected chi connectivity index (χ2v) is 6.09. The Morgan fingerprint density at radius 1 is 1.30 bits per heavy atom. The van der Waals surface area contributed by atoms with E-state index in [1.807, 2.05) is 0 Å². The maximum atomic E-state index is 12.2. The molecular formula is C12H15N5O5S. The minimum Gasteiger partial charge on any atom is -0.497 e. The summed E-state index contributed by atoms with van der Waals surface area (Å²) in [6.45, 7) is -0.719. The van der Waals surface area contributed by atoms with Crippen LogP contribution in [0.4, 0.5) is 0 Å². The van der Waals surface area contributed by atoms with Crippen LogP contribution in [-0.4, -0.2) is 54.1 Å². The van der Waals surface area contributed by atoms with Crippen LogP contribution < -0.4 is 14.9 Å². The highest BCUT2D eigenvalue weighted by Gasteiger charge is 2.25. The summed E-state index contributed by atoms with van der Waals surface area (Å²) in [4.78, 5) is 11.9. The molecule has 1 amide bonds. The first-order chi connectivity index (χ1) is 11.0. The molecule has 23 heavy (non-hydrogen) atoms. The van der Waals surface area contributed by atoms with E-state index in [2.05, 4.69) is 20.3 Å². The van der Waals surface area contributed by atoms with Gasteiger partial charge in [0.15, 0.2) is 0 Å². The zero-order chi connectivity index (χ0) is 16.9. The predicted octanol–water partition coefficient (Wildman–Crippen LogP) is -1.30. The van der Waals surface area contributed by atoms with Gasteiger partial charge in [0.25, 0.3) is 5.91 Å². The summed E-state index contributed by atoms with van der Waals surface area (Å²) in [5.41, 5.74) is 2.31. The summed E-state index contributed by atoms with van der Waals surface area (Å²) in [7, 11) is -2.53. The smallest absolute Gasteiger partial charge is 0.259 e. The molecule has 10 nitrogen and oxygen atoms in total. The normalized spacial score (nSPS) is 12.6. The highest BCUT2D eigenvalue weighted by Crippen LogP contribution is 2.15. The minimum atomic E-state index is -3.99. The largest absolute Gasteiger partial charge is 0.497 e. The highest BCUT2D eigenvalue weighted by molar-refractivity contribution is 7.89. The molecule has 1 atom stereocenters. The van der Waals surface area contributed by atoms with Crippen molar-refractivity contribution >= 4 is 15.9 Å². The number of methoxy groups -OCH3 is 1. The van der Waals surface area contributed by atoms with E-state index in [-0.39, 0.29) is 4.90 Å². The van der Waals surface area contributed by atoms with Crippen molar-refractivity contribution in [2.24, 2.45) is 0 Å². The molecule has 0 radical (unpaired) electrons. The lowest BCUT2D eigenvalue weighted by Gasteiger charge is -2.16. The van der Waals surface area contributed by atoms with E-state index < -0.39 is 28.6 Å². The topological polar surface area (TPSA) is 135 Å². The van der Waals surface area contributed by atoms with Gasteiger partial charge in [-0.2, -0.15) is 4.72 Å². The van der Waals surface area contributed by atoms with Crippen LogP contribution in [0.3, 0.4) is 0 Å². The standard InChI is InChI=1S/C12H15N5O5S/c1-22-9-2-4-10(5-3-9)23(20,21)16-11(6-18)12(19)15-17-7-13-14-8-17/h2-5,7-8,11,16,18H,6H2,1H3,(H,15,19). The maximum Gasteiger partial charge on any atom is 0.259 e. The van der Waals surface area contributed by atoms with Gasteiger partial charge in [-0.15, -0.1) is 10.2 Å². The highest BCUT2D eigenvalue weighted by atomic mass is 32.2. The first-order valence-electron chi connectivity index (χ1n) is 6.39. The van der Waals surface area contributed by atoms with Crippen LogP contribution in [0, 0.1) is 0 Å². The van der Waals surface area contributed by atoms with Gasteiger partial charge in [-0.3, -0.25) is 10.2 Å². The second kappa shape index (κ2) is 7.17. The molecule has 0 saturated heterocycles. The average molecular weight is 341 g/mol.